The molecule has 104 valence electrons. The Morgan fingerprint density at radius 1 is 1.10 bits per heavy atom. The van der Waals surface area contributed by atoms with Gasteiger partial charge in [-0.25, -0.2) is 4.79 Å². The summed E-state index contributed by atoms with van der Waals surface area (Å²) < 4.78 is 5.37. The number of hydrogen-bond acceptors (Lipinski definition) is 2. The van der Waals surface area contributed by atoms with E-state index in [1.165, 1.54) is 5.56 Å². The highest BCUT2D eigenvalue weighted by Gasteiger charge is 2.12. The Hall–Kier alpha value is -1.80. The molecular weight excluding hydrogens is 272 g/mol. The average molecular weight is 289 g/mol. The monoisotopic (exact) mass is 288 g/mol. The quantitative estimate of drug-likeness (QED) is 0.587. The minimum atomic E-state index is -0.364. The molecule has 0 unspecified atom stereocenters. The first kappa shape index (κ1) is 14.6. The van der Waals surface area contributed by atoms with Gasteiger partial charge in [0.2, 0.25) is 0 Å². The van der Waals surface area contributed by atoms with Crippen LogP contribution in [0, 0.1) is 6.92 Å². The second kappa shape index (κ2) is 6.10. The smallest absolute Gasteiger partial charge is 0.343 e. The molecule has 0 saturated carbocycles. The molecule has 2 aromatic rings. The van der Waals surface area contributed by atoms with Gasteiger partial charge in [0.15, 0.2) is 0 Å². The van der Waals surface area contributed by atoms with Crippen molar-refractivity contribution in [3.8, 4) is 5.75 Å². The standard InChI is InChI=1S/C17H17ClO2/c1-11(2)13-4-7-15(8-5-13)20-17(19)16-9-6-14(18)10-12(16)3/h4-11H,1-3H3. The van der Waals surface area contributed by atoms with Crippen LogP contribution in [0.15, 0.2) is 42.5 Å². The summed E-state index contributed by atoms with van der Waals surface area (Å²) >= 11 is 5.88. The molecule has 0 N–H and O–H groups in total. The van der Waals surface area contributed by atoms with Gasteiger partial charge in [-0.05, 0) is 54.3 Å². The van der Waals surface area contributed by atoms with Crippen LogP contribution in [0.25, 0.3) is 0 Å². The summed E-state index contributed by atoms with van der Waals surface area (Å²) in [6, 6.07) is 12.7. The molecule has 0 aliphatic carbocycles. The lowest BCUT2D eigenvalue weighted by molar-refractivity contribution is 0.0734. The molecule has 2 aromatic carbocycles. The van der Waals surface area contributed by atoms with Crippen molar-refractivity contribution in [3.05, 3.63) is 64.2 Å². The van der Waals surface area contributed by atoms with Crippen molar-refractivity contribution in [1.82, 2.24) is 0 Å². The lowest BCUT2D eigenvalue weighted by Crippen LogP contribution is -2.10. The summed E-state index contributed by atoms with van der Waals surface area (Å²) in [5, 5.41) is 0.611. The average Bonchev–Trinajstić information content (AvgIpc) is 2.39. The van der Waals surface area contributed by atoms with Gasteiger partial charge in [0.1, 0.15) is 5.75 Å². The van der Waals surface area contributed by atoms with Gasteiger partial charge < -0.3 is 4.74 Å². The molecule has 0 aliphatic heterocycles. The Morgan fingerprint density at radius 2 is 1.75 bits per heavy atom. The van der Waals surface area contributed by atoms with Gasteiger partial charge in [0, 0.05) is 5.02 Å². The second-order valence-electron chi connectivity index (χ2n) is 5.07. The number of rotatable bonds is 3. The third kappa shape index (κ3) is 3.40. The molecule has 0 radical (unpaired) electrons. The van der Waals surface area contributed by atoms with Crippen LogP contribution in [-0.4, -0.2) is 5.97 Å². The molecule has 0 fully saturated rings. The molecular formula is C17H17ClO2. The lowest BCUT2D eigenvalue weighted by Gasteiger charge is -2.09. The topological polar surface area (TPSA) is 26.3 Å². The molecule has 20 heavy (non-hydrogen) atoms. The Balaban J connectivity index is 2.15. The Labute approximate surface area is 124 Å². The molecule has 0 saturated heterocycles. The van der Waals surface area contributed by atoms with E-state index in [0.717, 1.165) is 5.56 Å². The van der Waals surface area contributed by atoms with Crippen molar-refractivity contribution in [2.75, 3.05) is 0 Å². The van der Waals surface area contributed by atoms with Gasteiger partial charge in [0.25, 0.3) is 0 Å². The summed E-state index contributed by atoms with van der Waals surface area (Å²) in [6.45, 7) is 6.08. The van der Waals surface area contributed by atoms with E-state index in [1.54, 1.807) is 18.2 Å². The van der Waals surface area contributed by atoms with Crippen molar-refractivity contribution in [2.45, 2.75) is 26.7 Å². The molecule has 0 aliphatic rings. The van der Waals surface area contributed by atoms with E-state index in [4.69, 9.17) is 16.3 Å². The zero-order chi connectivity index (χ0) is 14.7. The van der Waals surface area contributed by atoms with Gasteiger partial charge in [-0.1, -0.05) is 37.6 Å². The van der Waals surface area contributed by atoms with Crippen molar-refractivity contribution >= 4 is 17.6 Å². The molecule has 0 amide bonds. The van der Waals surface area contributed by atoms with Crippen LogP contribution in [0.1, 0.15) is 41.3 Å². The van der Waals surface area contributed by atoms with Gasteiger partial charge in [0.05, 0.1) is 5.56 Å². The molecule has 0 heterocycles. The van der Waals surface area contributed by atoms with E-state index in [-0.39, 0.29) is 5.97 Å². The Morgan fingerprint density at radius 3 is 2.30 bits per heavy atom. The van der Waals surface area contributed by atoms with Crippen LogP contribution in [-0.2, 0) is 0 Å². The predicted octanol–water partition coefficient (Wildman–Crippen LogP) is 4.99. The number of esters is 1. The molecule has 2 rings (SSSR count). The molecule has 3 heteroatoms. The zero-order valence-electron chi connectivity index (χ0n) is 11.8. The fraction of sp³-hybridized carbons (Fsp3) is 0.235. The normalized spacial score (nSPS) is 10.7. The molecule has 2 nitrogen and oxygen atoms in total. The fourth-order valence-electron chi connectivity index (χ4n) is 1.94. The number of halogens is 1. The number of carbonyl (C=O) groups excluding carboxylic acids is 1. The summed E-state index contributed by atoms with van der Waals surface area (Å²) in [5.74, 6) is 0.642. The fourth-order valence-corrected chi connectivity index (χ4v) is 2.17. The number of ether oxygens (including phenoxy) is 1. The van der Waals surface area contributed by atoms with Crippen molar-refractivity contribution in [2.24, 2.45) is 0 Å². The number of carbonyl (C=O) groups is 1. The summed E-state index contributed by atoms with van der Waals surface area (Å²) in [5.41, 5.74) is 2.55. The van der Waals surface area contributed by atoms with Crippen LogP contribution in [0.2, 0.25) is 5.02 Å². The first-order chi connectivity index (χ1) is 9.47. The third-order valence-electron chi connectivity index (χ3n) is 3.17. The molecule has 0 aromatic heterocycles. The third-order valence-corrected chi connectivity index (χ3v) is 3.40. The summed E-state index contributed by atoms with van der Waals surface area (Å²) in [6.07, 6.45) is 0. The minimum Gasteiger partial charge on any atom is -0.423 e. The summed E-state index contributed by atoms with van der Waals surface area (Å²) in [4.78, 5) is 12.1. The first-order valence-electron chi connectivity index (χ1n) is 6.55. The number of hydrogen-bond donors (Lipinski definition) is 0. The predicted molar refractivity (Wildman–Crippen MR) is 81.7 cm³/mol. The second-order valence-corrected chi connectivity index (χ2v) is 5.51. The maximum absolute atomic E-state index is 12.1. The molecule has 0 bridgehead atoms. The maximum atomic E-state index is 12.1. The van der Waals surface area contributed by atoms with Gasteiger partial charge in [-0.2, -0.15) is 0 Å². The lowest BCUT2D eigenvalue weighted by atomic mass is 10.0. The van der Waals surface area contributed by atoms with Crippen molar-refractivity contribution < 1.29 is 9.53 Å². The first-order valence-corrected chi connectivity index (χ1v) is 6.93. The Kier molecular flexibility index (Phi) is 4.46. The highest BCUT2D eigenvalue weighted by Crippen LogP contribution is 2.21. The van der Waals surface area contributed by atoms with Gasteiger partial charge in [-0.3, -0.25) is 0 Å². The Bertz CT molecular complexity index is 615. The highest BCUT2D eigenvalue weighted by molar-refractivity contribution is 6.30. The van der Waals surface area contributed by atoms with E-state index in [1.807, 2.05) is 31.2 Å². The van der Waals surface area contributed by atoms with Crippen LogP contribution in [0.5, 0.6) is 5.75 Å². The molecule has 0 spiro atoms. The van der Waals surface area contributed by atoms with Crippen molar-refractivity contribution in [3.63, 3.8) is 0 Å². The van der Waals surface area contributed by atoms with E-state index in [9.17, 15) is 4.79 Å². The van der Waals surface area contributed by atoms with Gasteiger partial charge >= 0.3 is 5.97 Å². The minimum absolute atomic E-state index is 0.364. The SMILES string of the molecule is Cc1cc(Cl)ccc1C(=O)Oc1ccc(C(C)C)cc1. The maximum Gasteiger partial charge on any atom is 0.343 e. The number of benzene rings is 2. The van der Waals surface area contributed by atoms with Crippen LogP contribution < -0.4 is 4.74 Å². The van der Waals surface area contributed by atoms with E-state index in [2.05, 4.69) is 13.8 Å². The van der Waals surface area contributed by atoms with Crippen LogP contribution in [0.3, 0.4) is 0 Å². The summed E-state index contributed by atoms with van der Waals surface area (Å²) in [7, 11) is 0. The van der Waals surface area contributed by atoms with Crippen LogP contribution in [0.4, 0.5) is 0 Å². The highest BCUT2D eigenvalue weighted by atomic mass is 35.5. The van der Waals surface area contributed by atoms with E-state index < -0.39 is 0 Å². The molecule has 0 atom stereocenters. The largest absolute Gasteiger partial charge is 0.423 e. The van der Waals surface area contributed by atoms with E-state index >= 15 is 0 Å². The van der Waals surface area contributed by atoms with Gasteiger partial charge in [-0.15, -0.1) is 0 Å². The van der Waals surface area contributed by atoms with Crippen LogP contribution >= 0.6 is 11.6 Å². The van der Waals surface area contributed by atoms with Crippen molar-refractivity contribution in [1.29, 1.82) is 0 Å². The van der Waals surface area contributed by atoms with E-state index in [0.29, 0.717) is 22.3 Å². The zero-order valence-corrected chi connectivity index (χ0v) is 12.6. The number of aryl methyl sites for hydroxylation is 1.